The molecule has 27 heavy (non-hydrogen) atoms. The summed E-state index contributed by atoms with van der Waals surface area (Å²) in [6.45, 7) is 1.60. The van der Waals surface area contributed by atoms with Crippen LogP contribution in [0.25, 0.3) is 10.8 Å². The van der Waals surface area contributed by atoms with Gasteiger partial charge < -0.3 is 14.6 Å². The Labute approximate surface area is 157 Å². The maximum Gasteiger partial charge on any atom is 0.277 e. The van der Waals surface area contributed by atoms with Gasteiger partial charge >= 0.3 is 0 Å². The fourth-order valence-electron chi connectivity index (χ4n) is 2.55. The number of rotatable bonds is 6. The van der Waals surface area contributed by atoms with Gasteiger partial charge in [0, 0.05) is 5.56 Å². The van der Waals surface area contributed by atoms with E-state index in [-0.39, 0.29) is 18.3 Å². The van der Waals surface area contributed by atoms with Crippen LogP contribution in [0, 0.1) is 0 Å². The highest BCUT2D eigenvalue weighted by atomic mass is 16.5. The molecular formula is C21H20N2O4. The summed E-state index contributed by atoms with van der Waals surface area (Å²) in [7, 11) is 1.47. The second-order valence-corrected chi connectivity index (χ2v) is 5.92. The zero-order valence-corrected chi connectivity index (χ0v) is 15.1. The molecule has 0 unspecified atom stereocenters. The Hall–Kier alpha value is -3.54. The molecule has 0 aromatic heterocycles. The van der Waals surface area contributed by atoms with Gasteiger partial charge in [-0.15, -0.1) is 0 Å². The average Bonchev–Trinajstić information content (AvgIpc) is 2.70. The Morgan fingerprint density at radius 1 is 1.07 bits per heavy atom. The summed E-state index contributed by atoms with van der Waals surface area (Å²) >= 11 is 0. The van der Waals surface area contributed by atoms with Crippen LogP contribution in [-0.2, 0) is 4.79 Å². The molecule has 3 aromatic rings. The summed E-state index contributed by atoms with van der Waals surface area (Å²) in [5.74, 6) is 0.635. The number of ether oxygens (including phenoxy) is 2. The van der Waals surface area contributed by atoms with Gasteiger partial charge in [-0.2, -0.15) is 5.10 Å². The lowest BCUT2D eigenvalue weighted by molar-refractivity contribution is -0.123. The molecule has 0 aliphatic heterocycles. The first kappa shape index (κ1) is 18.3. The molecule has 0 spiro atoms. The van der Waals surface area contributed by atoms with Crippen molar-refractivity contribution in [3.05, 3.63) is 66.2 Å². The highest BCUT2D eigenvalue weighted by Gasteiger charge is 2.07. The van der Waals surface area contributed by atoms with Crippen molar-refractivity contribution in [3.8, 4) is 17.2 Å². The van der Waals surface area contributed by atoms with E-state index in [1.54, 1.807) is 19.1 Å². The lowest BCUT2D eigenvalue weighted by atomic mass is 10.1. The van der Waals surface area contributed by atoms with Crippen molar-refractivity contribution in [1.82, 2.24) is 5.43 Å². The first-order valence-electron chi connectivity index (χ1n) is 8.39. The van der Waals surface area contributed by atoms with E-state index in [0.29, 0.717) is 17.2 Å². The first-order chi connectivity index (χ1) is 13.1. The zero-order chi connectivity index (χ0) is 19.2. The van der Waals surface area contributed by atoms with Gasteiger partial charge in [-0.3, -0.25) is 4.79 Å². The third kappa shape index (κ3) is 4.55. The lowest BCUT2D eigenvalue weighted by Crippen LogP contribution is -2.25. The topological polar surface area (TPSA) is 80.2 Å². The van der Waals surface area contributed by atoms with Gasteiger partial charge in [-0.05, 0) is 48.0 Å². The van der Waals surface area contributed by atoms with E-state index in [1.807, 2.05) is 42.5 Å². The lowest BCUT2D eigenvalue weighted by Gasteiger charge is -2.08. The number of aromatic hydroxyl groups is 1. The number of hydrogen-bond donors (Lipinski definition) is 2. The maximum atomic E-state index is 12.0. The number of methoxy groups -OCH3 is 1. The maximum absolute atomic E-state index is 12.0. The SMILES string of the molecule is COc1cc(C(C)=NNC(=O)COc2ccc3ccccc3c2)ccc1O. The highest BCUT2D eigenvalue weighted by molar-refractivity contribution is 5.99. The van der Waals surface area contributed by atoms with Crippen LogP contribution in [0.3, 0.4) is 0 Å². The third-order valence-electron chi connectivity index (χ3n) is 4.04. The predicted octanol–water partition coefficient (Wildman–Crippen LogP) is 3.47. The number of amides is 1. The molecule has 6 nitrogen and oxygen atoms in total. The average molecular weight is 364 g/mol. The Balaban J connectivity index is 1.59. The second-order valence-electron chi connectivity index (χ2n) is 5.92. The molecule has 0 saturated heterocycles. The van der Waals surface area contributed by atoms with Gasteiger partial charge in [0.15, 0.2) is 18.1 Å². The number of fused-ring (bicyclic) bond motifs is 1. The van der Waals surface area contributed by atoms with Crippen LogP contribution in [0.1, 0.15) is 12.5 Å². The molecule has 0 aliphatic rings. The minimum Gasteiger partial charge on any atom is -0.504 e. The molecule has 0 atom stereocenters. The number of phenolic OH excluding ortho intramolecular Hbond substituents is 1. The third-order valence-corrected chi connectivity index (χ3v) is 4.04. The van der Waals surface area contributed by atoms with Crippen LogP contribution in [0.2, 0.25) is 0 Å². The Morgan fingerprint density at radius 3 is 2.63 bits per heavy atom. The number of benzene rings is 3. The van der Waals surface area contributed by atoms with Gasteiger partial charge in [-0.25, -0.2) is 5.43 Å². The van der Waals surface area contributed by atoms with Crippen molar-refractivity contribution < 1.29 is 19.4 Å². The van der Waals surface area contributed by atoms with E-state index in [4.69, 9.17) is 9.47 Å². The molecule has 0 heterocycles. The number of phenols is 1. The standard InChI is InChI=1S/C21H20N2O4/c1-14(16-8-10-19(24)20(12-16)26-2)22-23-21(25)13-27-18-9-7-15-5-3-4-6-17(15)11-18/h3-12,24H,13H2,1-2H3,(H,23,25). The summed E-state index contributed by atoms with van der Waals surface area (Å²) in [6, 6.07) is 18.4. The van der Waals surface area contributed by atoms with Crippen LogP contribution in [0.5, 0.6) is 17.2 Å². The van der Waals surface area contributed by atoms with Gasteiger partial charge in [0.2, 0.25) is 0 Å². The molecule has 6 heteroatoms. The fourth-order valence-corrected chi connectivity index (χ4v) is 2.55. The monoisotopic (exact) mass is 364 g/mol. The van der Waals surface area contributed by atoms with Crippen LogP contribution in [-0.4, -0.2) is 30.4 Å². The van der Waals surface area contributed by atoms with Crippen molar-refractivity contribution in [3.63, 3.8) is 0 Å². The van der Waals surface area contributed by atoms with Gasteiger partial charge in [0.1, 0.15) is 5.75 Å². The molecule has 0 radical (unpaired) electrons. The Kier molecular flexibility index (Phi) is 5.56. The molecule has 3 aromatic carbocycles. The smallest absolute Gasteiger partial charge is 0.277 e. The molecule has 138 valence electrons. The summed E-state index contributed by atoms with van der Waals surface area (Å²) in [5.41, 5.74) is 3.76. The van der Waals surface area contributed by atoms with E-state index in [0.717, 1.165) is 16.3 Å². The fraction of sp³-hybridized carbons (Fsp3) is 0.143. The largest absolute Gasteiger partial charge is 0.504 e. The van der Waals surface area contributed by atoms with E-state index >= 15 is 0 Å². The summed E-state index contributed by atoms with van der Waals surface area (Å²) in [5, 5.41) is 15.8. The normalized spacial score (nSPS) is 11.3. The molecule has 2 N–H and O–H groups in total. The van der Waals surface area contributed by atoms with Crippen LogP contribution >= 0.6 is 0 Å². The molecule has 3 rings (SSSR count). The number of hydrogen-bond acceptors (Lipinski definition) is 5. The van der Waals surface area contributed by atoms with Crippen molar-refractivity contribution in [2.75, 3.05) is 13.7 Å². The highest BCUT2D eigenvalue weighted by Crippen LogP contribution is 2.26. The van der Waals surface area contributed by atoms with E-state index in [2.05, 4.69) is 10.5 Å². The van der Waals surface area contributed by atoms with Crippen molar-refractivity contribution >= 4 is 22.4 Å². The van der Waals surface area contributed by atoms with E-state index in [9.17, 15) is 9.90 Å². The van der Waals surface area contributed by atoms with E-state index in [1.165, 1.54) is 13.2 Å². The number of nitrogens with zero attached hydrogens (tertiary/aromatic N) is 1. The van der Waals surface area contributed by atoms with Crippen molar-refractivity contribution in [2.45, 2.75) is 6.92 Å². The summed E-state index contributed by atoms with van der Waals surface area (Å²) in [4.78, 5) is 12.0. The summed E-state index contributed by atoms with van der Waals surface area (Å²) in [6.07, 6.45) is 0. The summed E-state index contributed by atoms with van der Waals surface area (Å²) < 4.78 is 10.6. The van der Waals surface area contributed by atoms with Crippen LogP contribution in [0.15, 0.2) is 65.8 Å². The Bertz CT molecular complexity index is 998. The molecule has 0 fully saturated rings. The molecular weight excluding hydrogens is 344 g/mol. The molecule has 1 amide bonds. The number of nitrogens with one attached hydrogen (secondary N) is 1. The van der Waals surface area contributed by atoms with Gasteiger partial charge in [0.05, 0.1) is 12.8 Å². The van der Waals surface area contributed by atoms with Crippen LogP contribution in [0.4, 0.5) is 0 Å². The molecule has 0 saturated carbocycles. The van der Waals surface area contributed by atoms with Gasteiger partial charge in [-0.1, -0.05) is 30.3 Å². The number of carbonyl (C=O) groups excluding carboxylic acids is 1. The quantitative estimate of drug-likeness (QED) is 0.518. The molecule has 0 bridgehead atoms. The zero-order valence-electron chi connectivity index (χ0n) is 15.1. The van der Waals surface area contributed by atoms with Crippen molar-refractivity contribution in [1.29, 1.82) is 0 Å². The van der Waals surface area contributed by atoms with Crippen LogP contribution < -0.4 is 14.9 Å². The Morgan fingerprint density at radius 2 is 1.85 bits per heavy atom. The van der Waals surface area contributed by atoms with Gasteiger partial charge in [0.25, 0.3) is 5.91 Å². The number of hydrazone groups is 1. The first-order valence-corrected chi connectivity index (χ1v) is 8.39. The van der Waals surface area contributed by atoms with Crippen molar-refractivity contribution in [2.24, 2.45) is 5.10 Å². The van der Waals surface area contributed by atoms with E-state index < -0.39 is 0 Å². The minimum atomic E-state index is -0.367. The predicted molar refractivity (Wildman–Crippen MR) is 104 cm³/mol. The minimum absolute atomic E-state index is 0.0434. The molecule has 0 aliphatic carbocycles. The second kappa shape index (κ2) is 8.23. The number of carbonyl (C=O) groups is 1.